The highest BCUT2D eigenvalue weighted by molar-refractivity contribution is 5.81. The van der Waals surface area contributed by atoms with Gasteiger partial charge in [0.25, 0.3) is 0 Å². The normalized spacial score (nSPS) is 14.1. The Kier molecular flexibility index (Phi) is 13.7. The van der Waals surface area contributed by atoms with Gasteiger partial charge < -0.3 is 9.47 Å². The van der Waals surface area contributed by atoms with E-state index >= 15 is 0 Å². The van der Waals surface area contributed by atoms with Crippen molar-refractivity contribution in [1.82, 2.24) is 0 Å². The zero-order valence-electron chi connectivity index (χ0n) is 17.1. The lowest BCUT2D eigenvalue weighted by atomic mass is 9.74. The predicted molar refractivity (Wildman–Crippen MR) is 107 cm³/mol. The number of carbonyl (C=O) groups is 2. The largest absolute Gasteiger partial charge is 0.462 e. The van der Waals surface area contributed by atoms with Crippen LogP contribution in [0.25, 0.3) is 0 Å². The fourth-order valence-electron chi connectivity index (χ4n) is 3.25. The van der Waals surface area contributed by atoms with E-state index in [1.165, 1.54) is 31.4 Å². The van der Waals surface area contributed by atoms with Gasteiger partial charge in [-0.3, -0.25) is 0 Å². The first-order valence-electron chi connectivity index (χ1n) is 10.1. The average molecular weight is 367 g/mol. The van der Waals surface area contributed by atoms with Gasteiger partial charge in [0.2, 0.25) is 0 Å². The Labute approximate surface area is 160 Å². The molecule has 4 heteroatoms. The Morgan fingerprint density at radius 1 is 0.923 bits per heavy atom. The van der Waals surface area contributed by atoms with Gasteiger partial charge in [-0.1, -0.05) is 72.5 Å². The van der Waals surface area contributed by atoms with Crippen LogP contribution >= 0.6 is 0 Å². The number of hydrogen-bond donors (Lipinski definition) is 0. The molecule has 0 saturated carbocycles. The maximum absolute atomic E-state index is 11.9. The first kappa shape index (κ1) is 24.4. The third-order valence-electron chi connectivity index (χ3n) is 5.08. The van der Waals surface area contributed by atoms with Crippen LogP contribution in [0.15, 0.2) is 25.3 Å². The van der Waals surface area contributed by atoms with Gasteiger partial charge in [0.15, 0.2) is 0 Å². The van der Waals surface area contributed by atoms with Gasteiger partial charge in [0.1, 0.15) is 12.7 Å². The van der Waals surface area contributed by atoms with Crippen molar-refractivity contribution in [2.24, 2.45) is 5.41 Å². The average Bonchev–Trinajstić information content (AvgIpc) is 2.67. The summed E-state index contributed by atoms with van der Waals surface area (Å²) in [6.45, 7) is 13.6. The van der Waals surface area contributed by atoms with E-state index in [0.29, 0.717) is 0 Å². The Morgan fingerprint density at radius 2 is 1.54 bits per heavy atom. The topological polar surface area (TPSA) is 52.6 Å². The molecule has 0 aromatic carbocycles. The standard InChI is InChI=1S/C22H38O4/c1-6-11-13-14-15-16-19(26-21(24)9-4)22(10-5,17-12-7-2)18-25-20(23)8-3/h8-9,19H,3-4,6-7,10-18H2,1-2,5H3. The lowest BCUT2D eigenvalue weighted by Crippen LogP contribution is -2.42. The van der Waals surface area contributed by atoms with Gasteiger partial charge in [0, 0.05) is 17.6 Å². The fraction of sp³-hybridized carbons (Fsp3) is 0.727. The van der Waals surface area contributed by atoms with Gasteiger partial charge >= 0.3 is 11.9 Å². The molecule has 0 aliphatic carbocycles. The van der Waals surface area contributed by atoms with Crippen molar-refractivity contribution in [3.63, 3.8) is 0 Å². The minimum Gasteiger partial charge on any atom is -0.462 e. The molecule has 0 heterocycles. The van der Waals surface area contributed by atoms with Crippen molar-refractivity contribution in [3.05, 3.63) is 25.3 Å². The predicted octanol–water partition coefficient (Wildman–Crippen LogP) is 5.76. The van der Waals surface area contributed by atoms with E-state index in [1.807, 2.05) is 0 Å². The molecular weight excluding hydrogens is 328 g/mol. The van der Waals surface area contributed by atoms with Crippen LogP contribution < -0.4 is 0 Å². The van der Waals surface area contributed by atoms with E-state index < -0.39 is 11.9 Å². The summed E-state index contributed by atoms with van der Waals surface area (Å²) in [5.74, 6) is -0.844. The maximum Gasteiger partial charge on any atom is 0.330 e. The van der Waals surface area contributed by atoms with E-state index in [-0.39, 0.29) is 18.1 Å². The summed E-state index contributed by atoms with van der Waals surface area (Å²) in [5, 5.41) is 0. The van der Waals surface area contributed by atoms with Gasteiger partial charge in [0.05, 0.1) is 0 Å². The summed E-state index contributed by atoms with van der Waals surface area (Å²) in [4.78, 5) is 23.5. The van der Waals surface area contributed by atoms with E-state index in [0.717, 1.165) is 44.9 Å². The number of hydrogen-bond acceptors (Lipinski definition) is 4. The molecule has 150 valence electrons. The number of unbranched alkanes of at least 4 members (excludes halogenated alkanes) is 5. The molecule has 4 nitrogen and oxygen atoms in total. The van der Waals surface area contributed by atoms with Crippen LogP contribution in [0.1, 0.15) is 85.0 Å². The minimum atomic E-state index is -0.434. The quantitative estimate of drug-likeness (QED) is 0.198. The van der Waals surface area contributed by atoms with Crippen LogP contribution in [0, 0.1) is 5.41 Å². The second-order valence-corrected chi connectivity index (χ2v) is 6.96. The zero-order valence-corrected chi connectivity index (χ0v) is 17.1. The summed E-state index contributed by atoms with van der Waals surface area (Å²) in [6.07, 6.45) is 12.3. The highest BCUT2D eigenvalue weighted by Gasteiger charge is 2.40. The first-order chi connectivity index (χ1) is 12.5. The number of carbonyl (C=O) groups excluding carboxylic acids is 2. The highest BCUT2D eigenvalue weighted by atomic mass is 16.6. The van der Waals surface area contributed by atoms with E-state index in [4.69, 9.17) is 9.47 Å². The van der Waals surface area contributed by atoms with Crippen LogP contribution in [0.3, 0.4) is 0 Å². The third kappa shape index (κ3) is 9.21. The molecule has 0 N–H and O–H groups in total. The van der Waals surface area contributed by atoms with Gasteiger partial charge in [-0.25, -0.2) is 9.59 Å². The molecule has 0 aliphatic heterocycles. The molecule has 0 bridgehead atoms. The van der Waals surface area contributed by atoms with Crippen LogP contribution in [-0.4, -0.2) is 24.6 Å². The van der Waals surface area contributed by atoms with Crippen molar-refractivity contribution >= 4 is 11.9 Å². The molecule has 0 fully saturated rings. The zero-order chi connectivity index (χ0) is 19.8. The molecule has 0 amide bonds. The molecule has 2 unspecified atom stereocenters. The van der Waals surface area contributed by atoms with E-state index in [2.05, 4.69) is 33.9 Å². The third-order valence-corrected chi connectivity index (χ3v) is 5.08. The molecule has 0 spiro atoms. The van der Waals surface area contributed by atoms with Crippen LogP contribution in [0.2, 0.25) is 0 Å². The Bertz CT molecular complexity index is 430. The van der Waals surface area contributed by atoms with Crippen molar-refractivity contribution in [3.8, 4) is 0 Å². The summed E-state index contributed by atoms with van der Waals surface area (Å²) < 4.78 is 11.2. The molecule has 0 saturated heterocycles. The van der Waals surface area contributed by atoms with Gasteiger partial charge in [-0.15, -0.1) is 0 Å². The molecule has 0 radical (unpaired) electrons. The van der Waals surface area contributed by atoms with E-state index in [1.54, 1.807) is 0 Å². The molecule has 0 aliphatic rings. The summed E-state index contributed by atoms with van der Waals surface area (Å²) in [6, 6.07) is 0. The summed E-state index contributed by atoms with van der Waals surface area (Å²) >= 11 is 0. The molecule has 2 atom stereocenters. The second kappa shape index (κ2) is 14.6. The Balaban J connectivity index is 5.27. The molecule has 0 aromatic heterocycles. The van der Waals surface area contributed by atoms with Crippen molar-refractivity contribution in [2.75, 3.05) is 6.61 Å². The Morgan fingerprint density at radius 3 is 2.08 bits per heavy atom. The maximum atomic E-state index is 11.9. The van der Waals surface area contributed by atoms with Crippen LogP contribution in [0.5, 0.6) is 0 Å². The number of rotatable bonds is 16. The summed E-state index contributed by atoms with van der Waals surface area (Å²) in [5.41, 5.74) is -0.363. The van der Waals surface area contributed by atoms with Gasteiger partial charge in [-0.05, 0) is 25.7 Å². The lowest BCUT2D eigenvalue weighted by Gasteiger charge is -2.39. The summed E-state index contributed by atoms with van der Waals surface area (Å²) in [7, 11) is 0. The molecule has 0 rings (SSSR count). The van der Waals surface area contributed by atoms with Crippen LogP contribution in [-0.2, 0) is 19.1 Å². The SMILES string of the molecule is C=CC(=O)OCC(CC)(CCCC)C(CCCCCCC)OC(=O)C=C. The highest BCUT2D eigenvalue weighted by Crippen LogP contribution is 2.38. The van der Waals surface area contributed by atoms with Crippen molar-refractivity contribution in [1.29, 1.82) is 0 Å². The lowest BCUT2D eigenvalue weighted by molar-refractivity contribution is -0.160. The molecule has 26 heavy (non-hydrogen) atoms. The minimum absolute atomic E-state index is 0.248. The molecular formula is C22H38O4. The van der Waals surface area contributed by atoms with Crippen molar-refractivity contribution < 1.29 is 19.1 Å². The fourth-order valence-corrected chi connectivity index (χ4v) is 3.25. The smallest absolute Gasteiger partial charge is 0.330 e. The first-order valence-corrected chi connectivity index (χ1v) is 10.1. The number of ether oxygens (including phenoxy) is 2. The van der Waals surface area contributed by atoms with Crippen LogP contribution in [0.4, 0.5) is 0 Å². The second-order valence-electron chi connectivity index (χ2n) is 6.96. The molecule has 0 aromatic rings. The van der Waals surface area contributed by atoms with Crippen molar-refractivity contribution in [2.45, 2.75) is 91.1 Å². The van der Waals surface area contributed by atoms with E-state index in [9.17, 15) is 9.59 Å². The Hall–Kier alpha value is -1.58. The van der Waals surface area contributed by atoms with Gasteiger partial charge in [-0.2, -0.15) is 0 Å². The monoisotopic (exact) mass is 366 g/mol. The number of esters is 2.